The maximum atomic E-state index is 12.4. The normalized spacial score (nSPS) is 12.0. The Morgan fingerprint density at radius 2 is 1.84 bits per heavy atom. The van der Waals surface area contributed by atoms with Crippen LogP contribution in [-0.4, -0.2) is 16.2 Å². The van der Waals surface area contributed by atoms with Gasteiger partial charge in [0.2, 0.25) is 0 Å². The van der Waals surface area contributed by atoms with Crippen molar-refractivity contribution in [1.82, 2.24) is 4.57 Å². The first-order chi connectivity index (χ1) is 12.1. The highest BCUT2D eigenvalue weighted by atomic mass is 32.2. The van der Waals surface area contributed by atoms with Crippen LogP contribution in [0.1, 0.15) is 24.5 Å². The van der Waals surface area contributed by atoms with Crippen LogP contribution in [0.2, 0.25) is 0 Å². The molecule has 3 nitrogen and oxygen atoms in total. The molecule has 0 fully saturated rings. The van der Waals surface area contributed by atoms with Crippen molar-refractivity contribution in [2.24, 2.45) is 4.99 Å². The van der Waals surface area contributed by atoms with E-state index in [2.05, 4.69) is 60.7 Å². The first-order valence-corrected chi connectivity index (χ1v) is 10.2. The van der Waals surface area contributed by atoms with Crippen LogP contribution < -0.4 is 4.80 Å². The van der Waals surface area contributed by atoms with E-state index in [0.29, 0.717) is 5.75 Å². The molecular formula is C20H22N2OS2. The molecule has 0 N–H and O–H groups in total. The minimum atomic E-state index is -0.0845. The number of hydrogen-bond donors (Lipinski definition) is 0. The highest BCUT2D eigenvalue weighted by molar-refractivity contribution is 8.00. The molecule has 0 aliphatic heterocycles. The second-order valence-electron chi connectivity index (χ2n) is 6.11. The average molecular weight is 371 g/mol. The molecule has 1 heterocycles. The van der Waals surface area contributed by atoms with Gasteiger partial charge in [0.05, 0.1) is 16.0 Å². The quantitative estimate of drug-likeness (QED) is 0.596. The van der Waals surface area contributed by atoms with E-state index in [1.54, 1.807) is 11.3 Å². The summed E-state index contributed by atoms with van der Waals surface area (Å²) < 4.78 is 3.35. The third kappa shape index (κ3) is 4.41. The molecule has 0 unspecified atom stereocenters. The predicted octanol–water partition coefficient (Wildman–Crippen LogP) is 4.95. The molecule has 0 aliphatic carbocycles. The Kier molecular flexibility index (Phi) is 5.76. The first-order valence-electron chi connectivity index (χ1n) is 8.44. The maximum Gasteiger partial charge on any atom is 0.258 e. The van der Waals surface area contributed by atoms with Gasteiger partial charge in [-0.1, -0.05) is 42.0 Å². The minimum absolute atomic E-state index is 0.0845. The molecule has 0 radical (unpaired) electrons. The summed E-state index contributed by atoms with van der Waals surface area (Å²) in [6, 6.07) is 14.6. The lowest BCUT2D eigenvalue weighted by atomic mass is 10.2. The summed E-state index contributed by atoms with van der Waals surface area (Å²) in [5.41, 5.74) is 3.61. The average Bonchev–Trinajstić information content (AvgIpc) is 2.91. The SMILES string of the molecule is CCCn1c(=NC(=O)CSc2ccc(C)cc2)sc2cc(C)ccc21. The zero-order valence-electron chi connectivity index (χ0n) is 14.8. The first kappa shape index (κ1) is 18.0. The number of nitrogens with zero attached hydrogens (tertiary/aromatic N) is 2. The number of thiazole rings is 1. The van der Waals surface area contributed by atoms with Gasteiger partial charge in [0.15, 0.2) is 4.80 Å². The Morgan fingerprint density at radius 1 is 1.12 bits per heavy atom. The van der Waals surface area contributed by atoms with Gasteiger partial charge < -0.3 is 4.57 Å². The van der Waals surface area contributed by atoms with Crippen molar-refractivity contribution in [2.75, 3.05) is 5.75 Å². The molecule has 0 spiro atoms. The summed E-state index contributed by atoms with van der Waals surface area (Å²) in [5, 5.41) is 0. The summed E-state index contributed by atoms with van der Waals surface area (Å²) in [6.45, 7) is 7.16. The number of rotatable bonds is 5. The van der Waals surface area contributed by atoms with Crippen LogP contribution in [0.25, 0.3) is 10.2 Å². The van der Waals surface area contributed by atoms with Gasteiger partial charge in [-0.3, -0.25) is 4.79 Å². The van der Waals surface area contributed by atoms with Crippen molar-refractivity contribution >= 4 is 39.2 Å². The molecule has 3 aromatic rings. The van der Waals surface area contributed by atoms with E-state index in [-0.39, 0.29) is 5.91 Å². The standard InChI is InChI=1S/C20H22N2OS2/c1-4-11-22-17-10-7-15(3)12-18(17)25-20(22)21-19(23)13-24-16-8-5-14(2)6-9-16/h5-10,12H,4,11,13H2,1-3H3. The van der Waals surface area contributed by atoms with Crippen molar-refractivity contribution in [3.63, 3.8) is 0 Å². The molecular weight excluding hydrogens is 348 g/mol. The molecule has 0 aliphatic rings. The number of aryl methyl sites for hydroxylation is 3. The van der Waals surface area contributed by atoms with Crippen molar-refractivity contribution < 1.29 is 4.79 Å². The Hall–Kier alpha value is -1.85. The Balaban J connectivity index is 1.84. The minimum Gasteiger partial charge on any atom is -0.316 e. The van der Waals surface area contributed by atoms with E-state index in [9.17, 15) is 4.79 Å². The highest BCUT2D eigenvalue weighted by Crippen LogP contribution is 2.20. The van der Waals surface area contributed by atoms with E-state index in [1.165, 1.54) is 27.6 Å². The van der Waals surface area contributed by atoms with E-state index < -0.39 is 0 Å². The predicted molar refractivity (Wildman–Crippen MR) is 107 cm³/mol. The van der Waals surface area contributed by atoms with E-state index >= 15 is 0 Å². The van der Waals surface area contributed by atoms with Gasteiger partial charge in [-0.25, -0.2) is 0 Å². The fraction of sp³-hybridized carbons (Fsp3) is 0.300. The summed E-state index contributed by atoms with van der Waals surface area (Å²) in [4.78, 5) is 18.7. The fourth-order valence-corrected chi connectivity index (χ4v) is 4.48. The van der Waals surface area contributed by atoms with Crippen molar-refractivity contribution in [1.29, 1.82) is 0 Å². The topological polar surface area (TPSA) is 34.4 Å². The van der Waals surface area contributed by atoms with Crippen LogP contribution in [0, 0.1) is 13.8 Å². The fourth-order valence-electron chi connectivity index (χ4n) is 2.62. The Labute approximate surface area is 156 Å². The van der Waals surface area contributed by atoms with Crippen molar-refractivity contribution in [3.05, 3.63) is 58.4 Å². The maximum absolute atomic E-state index is 12.4. The zero-order chi connectivity index (χ0) is 17.8. The lowest BCUT2D eigenvalue weighted by Crippen LogP contribution is -2.17. The van der Waals surface area contributed by atoms with E-state index in [4.69, 9.17) is 0 Å². The molecule has 0 saturated heterocycles. The molecule has 2 aromatic carbocycles. The summed E-state index contributed by atoms with van der Waals surface area (Å²) in [5.74, 6) is 0.279. The number of aromatic nitrogens is 1. The molecule has 1 amide bonds. The lowest BCUT2D eigenvalue weighted by Gasteiger charge is -2.03. The third-order valence-electron chi connectivity index (χ3n) is 3.89. The molecule has 1 aromatic heterocycles. The number of thioether (sulfide) groups is 1. The van der Waals surface area contributed by atoms with Crippen LogP contribution in [0.3, 0.4) is 0 Å². The molecule has 0 bridgehead atoms. The summed E-state index contributed by atoms with van der Waals surface area (Å²) in [7, 11) is 0. The smallest absolute Gasteiger partial charge is 0.258 e. The highest BCUT2D eigenvalue weighted by Gasteiger charge is 2.08. The van der Waals surface area contributed by atoms with Crippen molar-refractivity contribution in [2.45, 2.75) is 38.6 Å². The zero-order valence-corrected chi connectivity index (χ0v) is 16.4. The molecule has 3 rings (SSSR count). The molecule has 0 saturated carbocycles. The molecule has 0 atom stereocenters. The number of carbonyl (C=O) groups excluding carboxylic acids is 1. The second-order valence-corrected chi connectivity index (χ2v) is 8.17. The molecule has 130 valence electrons. The van der Waals surface area contributed by atoms with Gasteiger partial charge in [-0.05, 0) is 50.1 Å². The van der Waals surface area contributed by atoms with Gasteiger partial charge in [-0.15, -0.1) is 11.8 Å². The largest absolute Gasteiger partial charge is 0.316 e. The monoisotopic (exact) mass is 370 g/mol. The number of benzene rings is 2. The van der Waals surface area contributed by atoms with Gasteiger partial charge >= 0.3 is 0 Å². The van der Waals surface area contributed by atoms with Crippen LogP contribution in [0.15, 0.2) is 52.4 Å². The van der Waals surface area contributed by atoms with Gasteiger partial charge in [0, 0.05) is 11.4 Å². The van der Waals surface area contributed by atoms with Crippen LogP contribution in [-0.2, 0) is 11.3 Å². The second kappa shape index (κ2) is 8.02. The number of carbonyl (C=O) groups is 1. The Bertz CT molecular complexity index is 952. The van der Waals surface area contributed by atoms with E-state index in [0.717, 1.165) is 28.2 Å². The van der Waals surface area contributed by atoms with Crippen LogP contribution in [0.4, 0.5) is 0 Å². The van der Waals surface area contributed by atoms with Crippen molar-refractivity contribution in [3.8, 4) is 0 Å². The summed E-state index contributed by atoms with van der Waals surface area (Å²) >= 11 is 3.13. The third-order valence-corrected chi connectivity index (χ3v) is 5.93. The number of amides is 1. The van der Waals surface area contributed by atoms with Gasteiger partial charge in [0.1, 0.15) is 0 Å². The number of hydrogen-bond acceptors (Lipinski definition) is 3. The van der Waals surface area contributed by atoms with Crippen LogP contribution >= 0.6 is 23.1 Å². The summed E-state index contributed by atoms with van der Waals surface area (Å²) in [6.07, 6.45) is 1.01. The molecule has 25 heavy (non-hydrogen) atoms. The number of fused-ring (bicyclic) bond motifs is 1. The molecule has 5 heteroatoms. The van der Waals surface area contributed by atoms with Gasteiger partial charge in [-0.2, -0.15) is 4.99 Å². The van der Waals surface area contributed by atoms with Gasteiger partial charge in [0.25, 0.3) is 5.91 Å². The Morgan fingerprint density at radius 3 is 2.56 bits per heavy atom. The lowest BCUT2D eigenvalue weighted by molar-refractivity contribution is -0.115. The van der Waals surface area contributed by atoms with E-state index in [1.807, 2.05) is 12.1 Å². The van der Waals surface area contributed by atoms with Crippen LogP contribution in [0.5, 0.6) is 0 Å².